The van der Waals surface area contributed by atoms with E-state index in [1.54, 1.807) is 6.20 Å². The maximum atomic E-state index is 12.0. The Morgan fingerprint density at radius 2 is 2.44 bits per heavy atom. The van der Waals surface area contributed by atoms with Crippen LogP contribution in [0.2, 0.25) is 0 Å². The highest BCUT2D eigenvalue weighted by Gasteiger charge is 2.25. The maximum Gasteiger partial charge on any atom is 0.228 e. The van der Waals surface area contributed by atoms with Crippen molar-refractivity contribution >= 4 is 11.7 Å². The number of aryl methyl sites for hydroxylation is 1. The van der Waals surface area contributed by atoms with Crippen LogP contribution in [0.5, 0.6) is 0 Å². The van der Waals surface area contributed by atoms with Gasteiger partial charge in [-0.2, -0.15) is 5.10 Å². The largest absolute Gasteiger partial charge is 0.314 e. The van der Waals surface area contributed by atoms with Crippen LogP contribution >= 0.6 is 0 Å². The summed E-state index contributed by atoms with van der Waals surface area (Å²) in [5.41, 5.74) is 0.968. The first kappa shape index (κ1) is 11.1. The third kappa shape index (κ3) is 2.41. The highest BCUT2D eigenvalue weighted by Crippen LogP contribution is 2.18. The molecule has 2 unspecified atom stereocenters. The molecule has 1 saturated heterocycles. The zero-order valence-corrected chi connectivity index (χ0v) is 9.71. The predicted molar refractivity (Wildman–Crippen MR) is 62.1 cm³/mol. The molecule has 5 heteroatoms. The fourth-order valence-corrected chi connectivity index (χ4v) is 2.07. The number of anilines is 1. The Kier molecular flexibility index (Phi) is 3.24. The lowest BCUT2D eigenvalue weighted by Crippen LogP contribution is -2.40. The summed E-state index contributed by atoms with van der Waals surface area (Å²) in [6, 6.07) is 0.423. The van der Waals surface area contributed by atoms with Crippen molar-refractivity contribution < 1.29 is 4.79 Å². The number of aromatic nitrogens is 2. The lowest BCUT2D eigenvalue weighted by atomic mass is 9.92. The molecule has 16 heavy (non-hydrogen) atoms. The fourth-order valence-electron chi connectivity index (χ4n) is 2.07. The molecule has 0 aromatic carbocycles. The molecule has 0 spiro atoms. The Morgan fingerprint density at radius 3 is 3.06 bits per heavy atom. The topological polar surface area (TPSA) is 69.8 Å². The van der Waals surface area contributed by atoms with E-state index in [9.17, 15) is 4.79 Å². The zero-order valence-electron chi connectivity index (χ0n) is 9.71. The summed E-state index contributed by atoms with van der Waals surface area (Å²) >= 11 is 0. The normalized spacial score (nSPS) is 25.4. The van der Waals surface area contributed by atoms with Crippen molar-refractivity contribution in [1.29, 1.82) is 0 Å². The average molecular weight is 222 g/mol. The molecule has 0 bridgehead atoms. The third-order valence-corrected chi connectivity index (χ3v) is 3.07. The van der Waals surface area contributed by atoms with E-state index in [0.717, 1.165) is 30.8 Å². The van der Waals surface area contributed by atoms with Crippen LogP contribution in [0.3, 0.4) is 0 Å². The van der Waals surface area contributed by atoms with Gasteiger partial charge in [0.25, 0.3) is 0 Å². The summed E-state index contributed by atoms with van der Waals surface area (Å²) in [4.78, 5) is 12.0. The second kappa shape index (κ2) is 4.65. The van der Waals surface area contributed by atoms with E-state index in [1.807, 2.05) is 6.92 Å². The number of aromatic amines is 1. The monoisotopic (exact) mass is 222 g/mol. The number of carbonyl (C=O) groups excluding carboxylic acids is 1. The van der Waals surface area contributed by atoms with Crippen molar-refractivity contribution in [2.75, 3.05) is 11.9 Å². The van der Waals surface area contributed by atoms with E-state index >= 15 is 0 Å². The van der Waals surface area contributed by atoms with E-state index in [0.29, 0.717) is 6.04 Å². The Labute approximate surface area is 95.0 Å². The summed E-state index contributed by atoms with van der Waals surface area (Å²) in [5.74, 6) is 0.927. The number of H-pyrrole nitrogens is 1. The summed E-state index contributed by atoms with van der Waals surface area (Å²) in [7, 11) is 0. The smallest absolute Gasteiger partial charge is 0.228 e. The minimum absolute atomic E-state index is 0.0979. The predicted octanol–water partition coefficient (Wildman–Crippen LogP) is 1.04. The first-order chi connectivity index (χ1) is 7.66. The average Bonchev–Trinajstić information content (AvgIpc) is 2.64. The molecule has 88 valence electrons. The number of nitrogens with one attached hydrogen (secondary N) is 3. The van der Waals surface area contributed by atoms with Crippen molar-refractivity contribution in [3.8, 4) is 0 Å². The maximum absolute atomic E-state index is 12.0. The molecule has 0 saturated carbocycles. The molecule has 2 heterocycles. The first-order valence-corrected chi connectivity index (χ1v) is 5.71. The Bertz CT molecular complexity index is 374. The quantitative estimate of drug-likeness (QED) is 0.700. The Balaban J connectivity index is 1.95. The molecule has 1 aromatic rings. The van der Waals surface area contributed by atoms with E-state index in [-0.39, 0.29) is 11.8 Å². The van der Waals surface area contributed by atoms with Crippen LogP contribution in [-0.4, -0.2) is 28.7 Å². The van der Waals surface area contributed by atoms with Gasteiger partial charge >= 0.3 is 0 Å². The van der Waals surface area contributed by atoms with Crippen LogP contribution in [0.25, 0.3) is 0 Å². The second-order valence-electron chi connectivity index (χ2n) is 4.49. The van der Waals surface area contributed by atoms with Gasteiger partial charge in [0.05, 0.1) is 6.20 Å². The molecule has 0 aliphatic carbocycles. The van der Waals surface area contributed by atoms with Crippen molar-refractivity contribution in [3.63, 3.8) is 0 Å². The zero-order chi connectivity index (χ0) is 11.5. The molecule has 2 atom stereocenters. The molecule has 0 radical (unpaired) electrons. The number of hydrogen-bond donors (Lipinski definition) is 3. The summed E-state index contributed by atoms with van der Waals surface area (Å²) in [6.07, 6.45) is 3.52. The van der Waals surface area contributed by atoms with Gasteiger partial charge in [0, 0.05) is 17.5 Å². The van der Waals surface area contributed by atoms with Gasteiger partial charge in [-0.05, 0) is 33.2 Å². The highest BCUT2D eigenvalue weighted by atomic mass is 16.2. The SMILES string of the molecule is Cc1cn[nH]c1NC(=O)C1CCNC(C)C1. The lowest BCUT2D eigenvalue weighted by molar-refractivity contribution is -0.120. The molecule has 2 rings (SSSR count). The van der Waals surface area contributed by atoms with Gasteiger partial charge in [0.1, 0.15) is 5.82 Å². The highest BCUT2D eigenvalue weighted by molar-refractivity contribution is 5.92. The van der Waals surface area contributed by atoms with Crippen LogP contribution in [-0.2, 0) is 4.79 Å². The summed E-state index contributed by atoms with van der Waals surface area (Å²) in [5, 5.41) is 12.9. The molecule has 3 N–H and O–H groups in total. The second-order valence-corrected chi connectivity index (χ2v) is 4.49. The van der Waals surface area contributed by atoms with Crippen molar-refractivity contribution in [2.45, 2.75) is 32.7 Å². The third-order valence-electron chi connectivity index (χ3n) is 3.07. The van der Waals surface area contributed by atoms with Gasteiger partial charge in [0.15, 0.2) is 0 Å². The van der Waals surface area contributed by atoms with Crippen LogP contribution in [0.4, 0.5) is 5.82 Å². The Morgan fingerprint density at radius 1 is 1.62 bits per heavy atom. The van der Waals surface area contributed by atoms with E-state index in [1.165, 1.54) is 0 Å². The number of amides is 1. The molecular weight excluding hydrogens is 204 g/mol. The van der Waals surface area contributed by atoms with E-state index in [2.05, 4.69) is 27.8 Å². The van der Waals surface area contributed by atoms with E-state index in [4.69, 9.17) is 0 Å². The van der Waals surface area contributed by atoms with Crippen LogP contribution in [0.1, 0.15) is 25.3 Å². The number of carbonyl (C=O) groups is 1. The van der Waals surface area contributed by atoms with Crippen molar-refractivity contribution in [1.82, 2.24) is 15.5 Å². The Hall–Kier alpha value is -1.36. The molecule has 1 aromatic heterocycles. The van der Waals surface area contributed by atoms with Crippen molar-refractivity contribution in [2.24, 2.45) is 5.92 Å². The number of hydrogen-bond acceptors (Lipinski definition) is 3. The van der Waals surface area contributed by atoms with Gasteiger partial charge in [0.2, 0.25) is 5.91 Å². The van der Waals surface area contributed by atoms with Gasteiger partial charge < -0.3 is 10.6 Å². The van der Waals surface area contributed by atoms with Crippen LogP contribution < -0.4 is 10.6 Å². The number of rotatable bonds is 2. The summed E-state index contributed by atoms with van der Waals surface area (Å²) < 4.78 is 0. The molecule has 1 amide bonds. The minimum atomic E-state index is 0.0979. The minimum Gasteiger partial charge on any atom is -0.314 e. The van der Waals surface area contributed by atoms with Gasteiger partial charge in [-0.3, -0.25) is 9.89 Å². The van der Waals surface area contributed by atoms with E-state index < -0.39 is 0 Å². The number of piperidine rings is 1. The number of nitrogens with zero attached hydrogens (tertiary/aromatic N) is 1. The fraction of sp³-hybridized carbons (Fsp3) is 0.636. The van der Waals surface area contributed by atoms with Gasteiger partial charge in [-0.1, -0.05) is 0 Å². The molecule has 1 aliphatic rings. The molecule has 1 fully saturated rings. The van der Waals surface area contributed by atoms with Crippen LogP contribution in [0.15, 0.2) is 6.20 Å². The van der Waals surface area contributed by atoms with Crippen molar-refractivity contribution in [3.05, 3.63) is 11.8 Å². The van der Waals surface area contributed by atoms with Crippen LogP contribution in [0, 0.1) is 12.8 Å². The molecule has 5 nitrogen and oxygen atoms in total. The molecule has 1 aliphatic heterocycles. The first-order valence-electron chi connectivity index (χ1n) is 5.71. The van der Waals surface area contributed by atoms with Gasteiger partial charge in [-0.25, -0.2) is 0 Å². The summed E-state index contributed by atoms with van der Waals surface area (Å²) in [6.45, 7) is 4.95. The molecular formula is C11H18N4O. The van der Waals surface area contributed by atoms with Gasteiger partial charge in [-0.15, -0.1) is 0 Å². The standard InChI is InChI=1S/C11H18N4O/c1-7-6-13-15-10(7)14-11(16)9-3-4-12-8(2)5-9/h6,8-9,12H,3-5H2,1-2H3,(H2,13,14,15,16). The lowest BCUT2D eigenvalue weighted by Gasteiger charge is -2.26.